The van der Waals surface area contributed by atoms with Crippen molar-refractivity contribution in [1.82, 2.24) is 0 Å². The number of rotatable bonds is 39. The fourth-order valence-electron chi connectivity index (χ4n) is 6.09. The van der Waals surface area contributed by atoms with Gasteiger partial charge in [-0.2, -0.15) is 0 Å². The standard InChI is InChI=1S/C43H82O5/c1-4-7-10-13-16-18-20-22-23-25-28-30-33-36-42(44)47-40-41(48-43(45)37-34-31-27-15-12-9-6-3)39-46-38-35-32-29-26-24-21-19-17-14-11-8-5-2/h18,20,41H,4-17,19,21-40H2,1-3H3/b20-18-. The molecule has 5 nitrogen and oxygen atoms in total. The molecule has 0 radical (unpaired) electrons. The van der Waals surface area contributed by atoms with Crippen molar-refractivity contribution in [2.24, 2.45) is 0 Å². The number of hydrogen-bond acceptors (Lipinski definition) is 5. The van der Waals surface area contributed by atoms with Crippen LogP contribution in [0.3, 0.4) is 0 Å². The highest BCUT2D eigenvalue weighted by molar-refractivity contribution is 5.70. The van der Waals surface area contributed by atoms with E-state index in [0.29, 0.717) is 26.1 Å². The molecule has 0 aromatic carbocycles. The smallest absolute Gasteiger partial charge is 0.306 e. The third-order valence-corrected chi connectivity index (χ3v) is 9.30. The molecule has 0 bridgehead atoms. The van der Waals surface area contributed by atoms with E-state index < -0.39 is 6.10 Å². The fourth-order valence-corrected chi connectivity index (χ4v) is 6.09. The van der Waals surface area contributed by atoms with Crippen molar-refractivity contribution in [3.63, 3.8) is 0 Å². The first-order chi connectivity index (χ1) is 23.6. The van der Waals surface area contributed by atoms with Crippen molar-refractivity contribution >= 4 is 11.9 Å². The Morgan fingerprint density at radius 1 is 0.438 bits per heavy atom. The van der Waals surface area contributed by atoms with Crippen molar-refractivity contribution in [3.05, 3.63) is 12.2 Å². The minimum Gasteiger partial charge on any atom is -0.462 e. The molecule has 0 aliphatic rings. The number of ether oxygens (including phenoxy) is 3. The summed E-state index contributed by atoms with van der Waals surface area (Å²) < 4.78 is 17.2. The zero-order valence-electron chi connectivity index (χ0n) is 32.5. The van der Waals surface area contributed by atoms with Crippen LogP contribution in [-0.4, -0.2) is 37.9 Å². The van der Waals surface area contributed by atoms with E-state index in [1.165, 1.54) is 148 Å². The van der Waals surface area contributed by atoms with Gasteiger partial charge in [-0.15, -0.1) is 0 Å². The molecule has 284 valence electrons. The lowest BCUT2D eigenvalue weighted by Crippen LogP contribution is -2.30. The van der Waals surface area contributed by atoms with Gasteiger partial charge < -0.3 is 14.2 Å². The number of unbranched alkanes of at least 4 members (excludes halogenated alkanes) is 26. The van der Waals surface area contributed by atoms with Gasteiger partial charge in [-0.3, -0.25) is 9.59 Å². The molecular formula is C43H82O5. The minimum atomic E-state index is -0.525. The summed E-state index contributed by atoms with van der Waals surface area (Å²) in [6.45, 7) is 7.79. The molecule has 0 aromatic rings. The maximum Gasteiger partial charge on any atom is 0.306 e. The quantitative estimate of drug-likeness (QED) is 0.0368. The summed E-state index contributed by atoms with van der Waals surface area (Å²) in [7, 11) is 0. The molecule has 0 spiro atoms. The van der Waals surface area contributed by atoms with E-state index in [4.69, 9.17) is 14.2 Å². The molecule has 0 aromatic heterocycles. The highest BCUT2D eigenvalue weighted by Gasteiger charge is 2.17. The van der Waals surface area contributed by atoms with E-state index >= 15 is 0 Å². The first kappa shape index (κ1) is 46.6. The summed E-state index contributed by atoms with van der Waals surface area (Å²) in [5.74, 6) is -0.403. The van der Waals surface area contributed by atoms with Crippen LogP contribution in [-0.2, 0) is 23.8 Å². The van der Waals surface area contributed by atoms with E-state index in [0.717, 1.165) is 44.9 Å². The van der Waals surface area contributed by atoms with Gasteiger partial charge in [0.1, 0.15) is 6.61 Å². The summed E-state index contributed by atoms with van der Waals surface area (Å²) >= 11 is 0. The second kappa shape index (κ2) is 40.1. The van der Waals surface area contributed by atoms with Crippen LogP contribution in [0.1, 0.15) is 226 Å². The lowest BCUT2D eigenvalue weighted by Gasteiger charge is -2.18. The Kier molecular flexibility index (Phi) is 38.9. The molecule has 0 rings (SSSR count). The maximum atomic E-state index is 12.6. The van der Waals surface area contributed by atoms with Crippen molar-refractivity contribution < 1.29 is 23.8 Å². The Bertz CT molecular complexity index is 691. The first-order valence-electron chi connectivity index (χ1n) is 21.2. The van der Waals surface area contributed by atoms with Gasteiger partial charge in [0.15, 0.2) is 6.10 Å². The molecule has 0 aliphatic heterocycles. The summed E-state index contributed by atoms with van der Waals surface area (Å²) in [5.41, 5.74) is 0. The molecule has 0 saturated carbocycles. The topological polar surface area (TPSA) is 61.8 Å². The van der Waals surface area contributed by atoms with Gasteiger partial charge in [-0.25, -0.2) is 0 Å². The zero-order chi connectivity index (χ0) is 35.0. The third kappa shape index (κ3) is 37.5. The Hall–Kier alpha value is -1.36. The summed E-state index contributed by atoms with van der Waals surface area (Å²) in [4.78, 5) is 25.0. The van der Waals surface area contributed by atoms with Gasteiger partial charge in [-0.1, -0.05) is 181 Å². The highest BCUT2D eigenvalue weighted by atomic mass is 16.6. The second-order valence-electron chi connectivity index (χ2n) is 14.3. The molecule has 1 unspecified atom stereocenters. The molecule has 48 heavy (non-hydrogen) atoms. The summed E-state index contributed by atoms with van der Waals surface area (Å²) in [6, 6.07) is 0. The zero-order valence-corrected chi connectivity index (χ0v) is 32.5. The second-order valence-corrected chi connectivity index (χ2v) is 14.3. The van der Waals surface area contributed by atoms with Crippen LogP contribution >= 0.6 is 0 Å². The molecule has 5 heteroatoms. The molecule has 0 saturated heterocycles. The SMILES string of the molecule is CCCCCC/C=C\CCCCCCCC(=O)OCC(COCCCCCCCCCCCCCC)OC(=O)CCCCCCCCC. The molecule has 0 fully saturated rings. The van der Waals surface area contributed by atoms with E-state index in [1.807, 2.05) is 0 Å². The van der Waals surface area contributed by atoms with Crippen LogP contribution in [0.15, 0.2) is 12.2 Å². The predicted molar refractivity (Wildman–Crippen MR) is 206 cm³/mol. The highest BCUT2D eigenvalue weighted by Crippen LogP contribution is 2.14. The van der Waals surface area contributed by atoms with Crippen LogP contribution in [0, 0.1) is 0 Å². The first-order valence-corrected chi connectivity index (χ1v) is 21.2. The van der Waals surface area contributed by atoms with E-state index in [9.17, 15) is 9.59 Å². The van der Waals surface area contributed by atoms with Crippen molar-refractivity contribution in [3.8, 4) is 0 Å². The third-order valence-electron chi connectivity index (χ3n) is 9.30. The van der Waals surface area contributed by atoms with Crippen molar-refractivity contribution in [1.29, 1.82) is 0 Å². The van der Waals surface area contributed by atoms with Crippen LogP contribution in [0.5, 0.6) is 0 Å². The Morgan fingerprint density at radius 2 is 0.812 bits per heavy atom. The summed E-state index contributed by atoms with van der Waals surface area (Å²) in [6.07, 6.45) is 42.1. The van der Waals surface area contributed by atoms with Gasteiger partial charge in [0, 0.05) is 19.4 Å². The predicted octanol–water partition coefficient (Wildman–Crippen LogP) is 13.6. The largest absolute Gasteiger partial charge is 0.462 e. The van der Waals surface area contributed by atoms with Crippen molar-refractivity contribution in [2.45, 2.75) is 232 Å². The Balaban J connectivity index is 4.16. The molecule has 0 N–H and O–H groups in total. The number of carbonyl (C=O) groups excluding carboxylic acids is 2. The molecule has 0 amide bonds. The molecule has 1 atom stereocenters. The average Bonchev–Trinajstić information content (AvgIpc) is 3.08. The lowest BCUT2D eigenvalue weighted by atomic mass is 10.1. The number of esters is 2. The van der Waals surface area contributed by atoms with Crippen LogP contribution < -0.4 is 0 Å². The van der Waals surface area contributed by atoms with E-state index in [-0.39, 0.29) is 18.5 Å². The number of allylic oxidation sites excluding steroid dienone is 2. The van der Waals surface area contributed by atoms with Gasteiger partial charge in [-0.05, 0) is 44.9 Å². The monoisotopic (exact) mass is 679 g/mol. The van der Waals surface area contributed by atoms with Crippen LogP contribution in [0.4, 0.5) is 0 Å². The Labute approximate surface area is 299 Å². The minimum absolute atomic E-state index is 0.0881. The fraction of sp³-hybridized carbons (Fsp3) is 0.907. The Morgan fingerprint density at radius 3 is 1.29 bits per heavy atom. The molecular weight excluding hydrogens is 596 g/mol. The number of carbonyl (C=O) groups is 2. The van der Waals surface area contributed by atoms with Gasteiger partial charge in [0.2, 0.25) is 0 Å². The van der Waals surface area contributed by atoms with Crippen LogP contribution in [0.2, 0.25) is 0 Å². The van der Waals surface area contributed by atoms with Gasteiger partial charge in [0.05, 0.1) is 6.61 Å². The van der Waals surface area contributed by atoms with Gasteiger partial charge in [0.25, 0.3) is 0 Å². The normalized spacial score (nSPS) is 12.1. The lowest BCUT2D eigenvalue weighted by molar-refractivity contribution is -0.163. The maximum absolute atomic E-state index is 12.6. The van der Waals surface area contributed by atoms with Gasteiger partial charge >= 0.3 is 11.9 Å². The molecule has 0 heterocycles. The van der Waals surface area contributed by atoms with Crippen LogP contribution in [0.25, 0.3) is 0 Å². The average molecular weight is 679 g/mol. The van der Waals surface area contributed by atoms with E-state index in [1.54, 1.807) is 0 Å². The molecule has 0 aliphatic carbocycles. The van der Waals surface area contributed by atoms with Crippen molar-refractivity contribution in [2.75, 3.05) is 19.8 Å². The van der Waals surface area contributed by atoms with E-state index in [2.05, 4.69) is 32.9 Å². The summed E-state index contributed by atoms with van der Waals surface area (Å²) in [5, 5.41) is 0. The number of hydrogen-bond donors (Lipinski definition) is 0.